The zero-order valence-corrected chi connectivity index (χ0v) is 13.9. The van der Waals surface area contributed by atoms with Crippen LogP contribution in [0.25, 0.3) is 5.57 Å². The van der Waals surface area contributed by atoms with Crippen molar-refractivity contribution in [1.82, 2.24) is 14.9 Å². The van der Waals surface area contributed by atoms with Gasteiger partial charge in [0.2, 0.25) is 5.91 Å². The molecule has 0 radical (unpaired) electrons. The average Bonchev–Trinajstić information content (AvgIpc) is 2.45. The number of hydrogen-bond acceptors (Lipinski definition) is 5. The lowest BCUT2D eigenvalue weighted by Crippen LogP contribution is -2.39. The van der Waals surface area contributed by atoms with Gasteiger partial charge < -0.3 is 15.0 Å². The lowest BCUT2D eigenvalue weighted by molar-refractivity contribution is -0.114. The van der Waals surface area contributed by atoms with Crippen LogP contribution in [0.2, 0.25) is 0 Å². The smallest absolute Gasteiger partial charge is 0.410 e. The summed E-state index contributed by atoms with van der Waals surface area (Å²) in [6.45, 7) is 8.02. The largest absolute Gasteiger partial charge is 0.444 e. The Morgan fingerprint density at radius 1 is 1.30 bits per heavy atom. The number of nitrogens with one attached hydrogen (secondary N) is 1. The second-order valence-corrected chi connectivity index (χ2v) is 6.38. The maximum absolute atomic E-state index is 12.0. The van der Waals surface area contributed by atoms with E-state index in [4.69, 9.17) is 4.74 Å². The third-order valence-electron chi connectivity index (χ3n) is 3.16. The lowest BCUT2D eigenvalue weighted by atomic mass is 10.0. The van der Waals surface area contributed by atoms with Gasteiger partial charge in [-0.3, -0.25) is 4.79 Å². The number of ether oxygens (including phenoxy) is 1. The normalized spacial score (nSPS) is 15.0. The van der Waals surface area contributed by atoms with Crippen LogP contribution in [0.3, 0.4) is 0 Å². The molecule has 0 aromatic carbocycles. The summed E-state index contributed by atoms with van der Waals surface area (Å²) >= 11 is 0. The summed E-state index contributed by atoms with van der Waals surface area (Å²) in [6, 6.07) is 1.73. The molecule has 0 saturated carbocycles. The number of nitrogens with zero attached hydrogens (tertiary/aromatic N) is 3. The number of anilines is 1. The molecule has 124 valence electrons. The van der Waals surface area contributed by atoms with E-state index in [2.05, 4.69) is 15.3 Å². The zero-order chi connectivity index (χ0) is 17.0. The van der Waals surface area contributed by atoms with Crippen molar-refractivity contribution in [2.75, 3.05) is 18.4 Å². The molecule has 0 unspecified atom stereocenters. The van der Waals surface area contributed by atoms with Gasteiger partial charge in [0.15, 0.2) is 0 Å². The average molecular weight is 318 g/mol. The van der Waals surface area contributed by atoms with Crippen molar-refractivity contribution in [3.05, 3.63) is 24.2 Å². The van der Waals surface area contributed by atoms with E-state index in [1.807, 2.05) is 26.8 Å². The van der Waals surface area contributed by atoms with Crippen LogP contribution in [-0.2, 0) is 9.53 Å². The van der Waals surface area contributed by atoms with Gasteiger partial charge in [-0.2, -0.15) is 0 Å². The van der Waals surface area contributed by atoms with Crippen molar-refractivity contribution < 1.29 is 14.3 Å². The maximum Gasteiger partial charge on any atom is 0.410 e. The fourth-order valence-corrected chi connectivity index (χ4v) is 2.18. The fourth-order valence-electron chi connectivity index (χ4n) is 2.18. The molecule has 0 saturated heterocycles. The molecule has 1 N–H and O–H groups in total. The van der Waals surface area contributed by atoms with Crippen molar-refractivity contribution in [2.45, 2.75) is 39.7 Å². The molecule has 0 bridgehead atoms. The van der Waals surface area contributed by atoms with Crippen molar-refractivity contribution in [3.63, 3.8) is 0 Å². The lowest BCUT2D eigenvalue weighted by Gasteiger charge is -2.29. The molecular weight excluding hydrogens is 296 g/mol. The minimum Gasteiger partial charge on any atom is -0.444 e. The molecule has 2 amide bonds. The predicted octanol–water partition coefficient (Wildman–Crippen LogP) is 2.46. The third kappa shape index (κ3) is 5.05. The van der Waals surface area contributed by atoms with Crippen LogP contribution in [0.15, 0.2) is 18.5 Å². The van der Waals surface area contributed by atoms with Crippen LogP contribution >= 0.6 is 0 Å². The molecule has 2 rings (SSSR count). The zero-order valence-electron chi connectivity index (χ0n) is 13.9. The highest BCUT2D eigenvalue weighted by Gasteiger charge is 2.24. The number of amides is 2. The van der Waals surface area contributed by atoms with Gasteiger partial charge in [-0.15, -0.1) is 0 Å². The first kappa shape index (κ1) is 16.9. The molecule has 1 aliphatic heterocycles. The maximum atomic E-state index is 12.0. The quantitative estimate of drug-likeness (QED) is 0.905. The second-order valence-electron chi connectivity index (χ2n) is 6.38. The van der Waals surface area contributed by atoms with Gasteiger partial charge in [0, 0.05) is 26.1 Å². The van der Waals surface area contributed by atoms with Gasteiger partial charge in [0.05, 0.1) is 5.69 Å². The molecule has 7 nitrogen and oxygen atoms in total. The van der Waals surface area contributed by atoms with E-state index >= 15 is 0 Å². The highest BCUT2D eigenvalue weighted by Crippen LogP contribution is 2.23. The van der Waals surface area contributed by atoms with E-state index in [0.717, 1.165) is 11.3 Å². The van der Waals surface area contributed by atoms with Crippen LogP contribution in [0, 0.1) is 0 Å². The molecule has 2 heterocycles. The van der Waals surface area contributed by atoms with Crippen LogP contribution in [-0.4, -0.2) is 45.6 Å². The summed E-state index contributed by atoms with van der Waals surface area (Å²) in [7, 11) is 0. The predicted molar refractivity (Wildman–Crippen MR) is 86.7 cm³/mol. The fraction of sp³-hybridized carbons (Fsp3) is 0.500. The topological polar surface area (TPSA) is 84.4 Å². The van der Waals surface area contributed by atoms with Gasteiger partial charge in [0.25, 0.3) is 0 Å². The molecule has 1 aliphatic rings. The van der Waals surface area contributed by atoms with E-state index < -0.39 is 5.60 Å². The van der Waals surface area contributed by atoms with Crippen molar-refractivity contribution in [1.29, 1.82) is 0 Å². The molecule has 0 spiro atoms. The third-order valence-corrected chi connectivity index (χ3v) is 3.16. The van der Waals surface area contributed by atoms with Crippen molar-refractivity contribution in [2.24, 2.45) is 0 Å². The molecule has 1 aromatic rings. The molecule has 23 heavy (non-hydrogen) atoms. The Morgan fingerprint density at radius 3 is 2.61 bits per heavy atom. The van der Waals surface area contributed by atoms with Gasteiger partial charge in [-0.25, -0.2) is 14.8 Å². The summed E-state index contributed by atoms with van der Waals surface area (Å²) in [5.74, 6) is 0.293. The minimum atomic E-state index is -0.499. The second kappa shape index (κ2) is 6.76. The number of carbonyl (C=O) groups is 2. The molecular formula is C16H22N4O3. The van der Waals surface area contributed by atoms with Crippen LogP contribution < -0.4 is 5.32 Å². The SMILES string of the molecule is CC(=O)Nc1cc(C2=CCN(C(=O)OC(C)(C)C)CC2)ncn1. The van der Waals surface area contributed by atoms with E-state index in [0.29, 0.717) is 25.3 Å². The Hall–Kier alpha value is -2.44. The highest BCUT2D eigenvalue weighted by atomic mass is 16.6. The number of hydrogen-bond donors (Lipinski definition) is 1. The first-order chi connectivity index (χ1) is 10.7. The van der Waals surface area contributed by atoms with Crippen molar-refractivity contribution >= 4 is 23.4 Å². The number of aromatic nitrogens is 2. The minimum absolute atomic E-state index is 0.177. The van der Waals surface area contributed by atoms with E-state index in [1.54, 1.807) is 11.0 Å². The molecule has 0 aliphatic carbocycles. The molecule has 0 atom stereocenters. The Balaban J connectivity index is 2.04. The van der Waals surface area contributed by atoms with Crippen LogP contribution in [0.5, 0.6) is 0 Å². The van der Waals surface area contributed by atoms with Gasteiger partial charge in [-0.1, -0.05) is 6.08 Å². The molecule has 1 aromatic heterocycles. The first-order valence-electron chi connectivity index (χ1n) is 7.51. The summed E-state index contributed by atoms with van der Waals surface area (Å²) in [6.07, 6.45) is 3.74. The van der Waals surface area contributed by atoms with Gasteiger partial charge in [0.1, 0.15) is 17.7 Å². The highest BCUT2D eigenvalue weighted by molar-refractivity contribution is 5.88. The number of rotatable bonds is 2. The van der Waals surface area contributed by atoms with E-state index in [9.17, 15) is 9.59 Å². The summed E-state index contributed by atoms with van der Waals surface area (Å²) in [5.41, 5.74) is 1.28. The van der Waals surface area contributed by atoms with Crippen LogP contribution in [0.1, 0.15) is 39.8 Å². The monoisotopic (exact) mass is 318 g/mol. The summed E-state index contributed by atoms with van der Waals surface area (Å²) in [5, 5.41) is 2.64. The van der Waals surface area contributed by atoms with E-state index in [-0.39, 0.29) is 12.0 Å². The summed E-state index contributed by atoms with van der Waals surface area (Å²) < 4.78 is 5.37. The van der Waals surface area contributed by atoms with Gasteiger partial charge in [-0.05, 0) is 32.8 Å². The Morgan fingerprint density at radius 2 is 2.04 bits per heavy atom. The Bertz CT molecular complexity index is 634. The Kier molecular flexibility index (Phi) is 4.98. The van der Waals surface area contributed by atoms with Crippen LogP contribution in [0.4, 0.5) is 10.6 Å². The Labute approximate surface area is 135 Å². The number of carbonyl (C=O) groups excluding carboxylic acids is 2. The van der Waals surface area contributed by atoms with E-state index in [1.165, 1.54) is 13.3 Å². The first-order valence-corrected chi connectivity index (χ1v) is 7.51. The molecule has 0 fully saturated rings. The van der Waals surface area contributed by atoms with Gasteiger partial charge >= 0.3 is 6.09 Å². The standard InChI is InChI=1S/C16H22N4O3/c1-11(21)19-14-9-13(17-10-18-14)12-5-7-20(8-6-12)15(22)23-16(2,3)4/h5,9-10H,6-8H2,1-4H3,(H,17,18,19,21). The van der Waals surface area contributed by atoms with Crippen molar-refractivity contribution in [3.8, 4) is 0 Å². The molecule has 7 heteroatoms. The summed E-state index contributed by atoms with van der Waals surface area (Å²) in [4.78, 5) is 33.0.